The van der Waals surface area contributed by atoms with Crippen molar-refractivity contribution >= 4 is 38.9 Å². The number of hydrogen-bond acceptors (Lipinski definition) is 3. The lowest BCUT2D eigenvalue weighted by atomic mass is 10.0. The Morgan fingerprint density at radius 3 is 1.76 bits per heavy atom. The molecule has 7 aromatic carbocycles. The van der Waals surface area contributed by atoms with E-state index in [1.165, 1.54) is 16.3 Å². The summed E-state index contributed by atoms with van der Waals surface area (Å²) < 4.78 is 2.18. The topological polar surface area (TPSA) is 34.0 Å². The van der Waals surface area contributed by atoms with Gasteiger partial charge < -0.3 is 4.90 Å². The maximum absolute atomic E-state index is 4.97. The van der Waals surface area contributed by atoms with Gasteiger partial charge in [0.2, 0.25) is 0 Å². The highest BCUT2D eigenvalue weighted by atomic mass is 15.1. The quantitative estimate of drug-likeness (QED) is 0.174. The number of imidazole rings is 1. The van der Waals surface area contributed by atoms with Crippen LogP contribution in [-0.2, 0) is 0 Å². The average molecular weight is 641 g/mol. The van der Waals surface area contributed by atoms with Crippen molar-refractivity contribution < 1.29 is 0 Å². The van der Waals surface area contributed by atoms with Gasteiger partial charge in [-0.05, 0) is 82.7 Å². The summed E-state index contributed by atoms with van der Waals surface area (Å²) in [6.07, 6.45) is 1.94. The predicted octanol–water partition coefficient (Wildman–Crippen LogP) is 12.0. The van der Waals surface area contributed by atoms with Crippen LogP contribution in [0.1, 0.15) is 0 Å². The molecule has 0 amide bonds. The van der Waals surface area contributed by atoms with E-state index in [1.807, 2.05) is 42.6 Å². The largest absolute Gasteiger partial charge is 0.310 e. The molecule has 9 aromatic rings. The molecule has 9 rings (SSSR count). The summed E-state index contributed by atoms with van der Waals surface area (Å²) in [4.78, 5) is 12.2. The first-order valence-electron chi connectivity index (χ1n) is 16.8. The lowest BCUT2D eigenvalue weighted by molar-refractivity contribution is 1.08. The Hall–Kier alpha value is -6.78. The van der Waals surface area contributed by atoms with E-state index >= 15 is 0 Å². The molecule has 0 radical (unpaired) electrons. The van der Waals surface area contributed by atoms with Gasteiger partial charge >= 0.3 is 0 Å². The Balaban J connectivity index is 0.998. The van der Waals surface area contributed by atoms with Gasteiger partial charge in [0.15, 0.2) is 5.82 Å². The molecule has 2 aromatic heterocycles. The fourth-order valence-electron chi connectivity index (χ4n) is 6.80. The lowest BCUT2D eigenvalue weighted by Crippen LogP contribution is -2.10. The molecule has 236 valence electrons. The normalized spacial score (nSPS) is 11.2. The van der Waals surface area contributed by atoms with Crippen LogP contribution in [0.15, 0.2) is 194 Å². The van der Waals surface area contributed by atoms with E-state index in [0.717, 1.165) is 62.0 Å². The second kappa shape index (κ2) is 12.7. The van der Waals surface area contributed by atoms with Gasteiger partial charge in [-0.15, -0.1) is 0 Å². The number of aromatic nitrogens is 3. The molecule has 0 aliphatic heterocycles. The third-order valence-electron chi connectivity index (χ3n) is 9.27. The van der Waals surface area contributed by atoms with Gasteiger partial charge in [0.25, 0.3) is 0 Å². The van der Waals surface area contributed by atoms with Gasteiger partial charge in [-0.1, -0.05) is 127 Å². The van der Waals surface area contributed by atoms with Crippen molar-refractivity contribution in [3.63, 3.8) is 0 Å². The van der Waals surface area contributed by atoms with Crippen LogP contribution in [0.2, 0.25) is 0 Å². The van der Waals surface area contributed by atoms with Crippen LogP contribution in [0.25, 0.3) is 61.3 Å². The molecule has 50 heavy (non-hydrogen) atoms. The SMILES string of the molecule is c1ccc(N(c2ccc(-c3ccc(-c4ccc(-c5nc6ccccc6n5-c5ccccc5)nc4)cc3)cc2)c2cccc3ccccc23)cc1. The van der Waals surface area contributed by atoms with Crippen LogP contribution in [0.4, 0.5) is 17.1 Å². The lowest BCUT2D eigenvalue weighted by Gasteiger charge is -2.27. The van der Waals surface area contributed by atoms with E-state index in [9.17, 15) is 0 Å². The summed E-state index contributed by atoms with van der Waals surface area (Å²) in [7, 11) is 0. The van der Waals surface area contributed by atoms with Crippen LogP contribution < -0.4 is 4.90 Å². The zero-order valence-corrected chi connectivity index (χ0v) is 27.3. The van der Waals surface area contributed by atoms with Gasteiger partial charge in [0.05, 0.1) is 16.7 Å². The molecule has 0 fully saturated rings. The van der Waals surface area contributed by atoms with Crippen molar-refractivity contribution in [2.24, 2.45) is 0 Å². The zero-order valence-electron chi connectivity index (χ0n) is 27.3. The number of anilines is 3. The van der Waals surface area contributed by atoms with Crippen LogP contribution in [0, 0.1) is 0 Å². The molecular formula is C46H32N4. The Morgan fingerprint density at radius 2 is 1.02 bits per heavy atom. The fourth-order valence-corrected chi connectivity index (χ4v) is 6.80. The number of nitrogens with zero attached hydrogens (tertiary/aromatic N) is 4. The molecule has 0 saturated heterocycles. The number of pyridine rings is 1. The van der Waals surface area contributed by atoms with Crippen molar-refractivity contribution in [2.45, 2.75) is 0 Å². The van der Waals surface area contributed by atoms with Crippen molar-refractivity contribution in [3.05, 3.63) is 194 Å². The van der Waals surface area contributed by atoms with Gasteiger partial charge in [0, 0.05) is 34.2 Å². The fraction of sp³-hybridized carbons (Fsp3) is 0. The molecule has 0 aliphatic carbocycles. The molecule has 0 atom stereocenters. The first kappa shape index (κ1) is 29.4. The van der Waals surface area contributed by atoms with E-state index < -0.39 is 0 Å². The summed E-state index contributed by atoms with van der Waals surface area (Å²) >= 11 is 0. The smallest absolute Gasteiger partial charge is 0.164 e. The highest BCUT2D eigenvalue weighted by molar-refractivity contribution is 5.99. The summed E-state index contributed by atoms with van der Waals surface area (Å²) in [6, 6.07) is 65.9. The van der Waals surface area contributed by atoms with Crippen molar-refractivity contribution in [1.82, 2.24) is 14.5 Å². The molecule has 0 aliphatic rings. The molecule has 0 spiro atoms. The van der Waals surface area contributed by atoms with Crippen LogP contribution in [0.3, 0.4) is 0 Å². The Morgan fingerprint density at radius 1 is 0.440 bits per heavy atom. The van der Waals surface area contributed by atoms with Crippen LogP contribution in [-0.4, -0.2) is 14.5 Å². The van der Waals surface area contributed by atoms with Gasteiger partial charge in [-0.2, -0.15) is 0 Å². The first-order valence-corrected chi connectivity index (χ1v) is 16.8. The highest BCUT2D eigenvalue weighted by Crippen LogP contribution is 2.39. The Bertz CT molecular complexity index is 2550. The molecule has 0 unspecified atom stereocenters. The highest BCUT2D eigenvalue weighted by Gasteiger charge is 2.17. The number of hydrogen-bond donors (Lipinski definition) is 0. The van der Waals surface area contributed by atoms with E-state index in [2.05, 4.69) is 161 Å². The van der Waals surface area contributed by atoms with Crippen molar-refractivity contribution in [1.29, 1.82) is 0 Å². The average Bonchev–Trinajstić information content (AvgIpc) is 3.59. The minimum absolute atomic E-state index is 0.828. The standard InChI is InChI=1S/C46H32N4/c1-3-14-38(15-4-1)49(44-21-11-13-36-12-7-8-18-41(36)44)40-29-26-34(27-30-40)33-22-24-35(25-23-33)37-28-31-43(47-32-37)46-48-42-19-9-10-20-45(42)50(46)39-16-5-2-6-17-39/h1-32H. The number of rotatable bonds is 7. The number of fused-ring (bicyclic) bond motifs is 2. The molecule has 4 heteroatoms. The molecule has 0 N–H and O–H groups in total. The first-order chi connectivity index (χ1) is 24.8. The number of para-hydroxylation sites is 4. The van der Waals surface area contributed by atoms with E-state index in [0.29, 0.717) is 0 Å². The molecule has 2 heterocycles. The third-order valence-corrected chi connectivity index (χ3v) is 9.27. The molecule has 0 bridgehead atoms. The summed E-state index contributed by atoms with van der Waals surface area (Å²) in [5.74, 6) is 0.828. The third kappa shape index (κ3) is 5.39. The Kier molecular flexibility index (Phi) is 7.45. The number of benzene rings is 7. The molecule has 4 nitrogen and oxygen atoms in total. The zero-order chi connectivity index (χ0) is 33.3. The van der Waals surface area contributed by atoms with E-state index in [-0.39, 0.29) is 0 Å². The maximum atomic E-state index is 4.97. The van der Waals surface area contributed by atoms with Crippen molar-refractivity contribution in [3.8, 4) is 39.5 Å². The van der Waals surface area contributed by atoms with Gasteiger partial charge in [0.1, 0.15) is 5.69 Å². The van der Waals surface area contributed by atoms with Crippen LogP contribution in [0.5, 0.6) is 0 Å². The summed E-state index contributed by atoms with van der Waals surface area (Å²) in [6.45, 7) is 0. The maximum Gasteiger partial charge on any atom is 0.164 e. The minimum Gasteiger partial charge on any atom is -0.310 e. The van der Waals surface area contributed by atoms with E-state index in [1.54, 1.807) is 0 Å². The van der Waals surface area contributed by atoms with Gasteiger partial charge in [-0.3, -0.25) is 9.55 Å². The predicted molar refractivity (Wildman–Crippen MR) is 207 cm³/mol. The summed E-state index contributed by atoms with van der Waals surface area (Å²) in [5, 5.41) is 2.44. The minimum atomic E-state index is 0.828. The Labute approximate surface area is 291 Å². The second-order valence-electron chi connectivity index (χ2n) is 12.3. The van der Waals surface area contributed by atoms with Crippen LogP contribution >= 0.6 is 0 Å². The van der Waals surface area contributed by atoms with Crippen molar-refractivity contribution in [2.75, 3.05) is 4.90 Å². The molecular weight excluding hydrogens is 609 g/mol. The van der Waals surface area contributed by atoms with Gasteiger partial charge in [-0.25, -0.2) is 4.98 Å². The summed E-state index contributed by atoms with van der Waals surface area (Å²) in [5.41, 5.74) is 11.8. The van der Waals surface area contributed by atoms with E-state index in [4.69, 9.17) is 9.97 Å². The monoisotopic (exact) mass is 640 g/mol. The molecule has 0 saturated carbocycles. The second-order valence-corrected chi connectivity index (χ2v) is 12.3.